The number of rotatable bonds is 0. The van der Waals surface area contributed by atoms with E-state index >= 15 is 0 Å². The van der Waals surface area contributed by atoms with Crippen LogP contribution in [0, 0.1) is 0 Å². The molecule has 2 N–H and O–H groups in total. The molecular weight excluding hydrogens is 227 g/mol. The predicted octanol–water partition coefficient (Wildman–Crippen LogP) is -3.58. The smallest absolute Gasteiger partial charge is 0.740 e. The van der Waals surface area contributed by atoms with Crippen molar-refractivity contribution >= 4 is 23.7 Å². The number of aromatic nitrogens is 3. The number of pyridine rings is 1. The Bertz CT molecular complexity index is 527. The van der Waals surface area contributed by atoms with Crippen molar-refractivity contribution < 1.29 is 51.4 Å². The standard InChI is InChI=1S/C7H6N4OS.K/c8-11-6(12)4-2-1-3-9-5(4)10-7(11)13;/h1-3H,8H2,(H,9,10,13);/q;+1/p-1. The molecule has 5 nitrogen and oxygen atoms in total. The van der Waals surface area contributed by atoms with Gasteiger partial charge in [0.05, 0.1) is 5.39 Å². The van der Waals surface area contributed by atoms with E-state index in [-0.39, 0.29) is 62.1 Å². The Morgan fingerprint density at radius 3 is 2.93 bits per heavy atom. The number of nitrogen functional groups attached to an aromatic ring is 1. The molecule has 7 heteroatoms. The first-order chi connectivity index (χ1) is 6.20. The maximum Gasteiger partial charge on any atom is 1.00 e. The molecule has 2 aromatic heterocycles. The molecular formula is C7H5KN4OS. The minimum absolute atomic E-state index is 0. The van der Waals surface area contributed by atoms with Crippen LogP contribution in [-0.4, -0.2) is 14.6 Å². The van der Waals surface area contributed by atoms with Crippen LogP contribution in [0.4, 0.5) is 0 Å². The molecule has 0 unspecified atom stereocenters. The molecule has 0 amide bonds. The molecule has 0 saturated heterocycles. The van der Waals surface area contributed by atoms with Crippen molar-refractivity contribution in [3.63, 3.8) is 0 Å². The van der Waals surface area contributed by atoms with Gasteiger partial charge < -0.3 is 18.5 Å². The zero-order valence-electron chi connectivity index (χ0n) is 7.47. The van der Waals surface area contributed by atoms with E-state index in [0.29, 0.717) is 11.0 Å². The van der Waals surface area contributed by atoms with Gasteiger partial charge >= 0.3 is 51.4 Å². The Kier molecular flexibility index (Phi) is 3.99. The zero-order valence-corrected chi connectivity index (χ0v) is 11.4. The van der Waals surface area contributed by atoms with E-state index in [2.05, 4.69) is 9.97 Å². The molecule has 2 aromatic rings. The summed E-state index contributed by atoms with van der Waals surface area (Å²) >= 11 is 4.76. The largest absolute Gasteiger partial charge is 1.00 e. The first kappa shape index (κ1) is 12.0. The van der Waals surface area contributed by atoms with Gasteiger partial charge in [-0.25, -0.2) is 14.6 Å². The van der Waals surface area contributed by atoms with Gasteiger partial charge in [0.15, 0.2) is 5.65 Å². The van der Waals surface area contributed by atoms with Gasteiger partial charge in [-0.15, -0.1) is 0 Å². The molecule has 0 spiro atoms. The summed E-state index contributed by atoms with van der Waals surface area (Å²) in [6.45, 7) is 0. The van der Waals surface area contributed by atoms with Crippen molar-refractivity contribution in [3.05, 3.63) is 28.7 Å². The molecule has 2 heterocycles. The second-order valence-electron chi connectivity index (χ2n) is 2.44. The summed E-state index contributed by atoms with van der Waals surface area (Å²) in [5.41, 5.74) is -0.0395. The maximum absolute atomic E-state index is 11.4. The van der Waals surface area contributed by atoms with Crippen molar-refractivity contribution in [2.75, 3.05) is 5.84 Å². The van der Waals surface area contributed by atoms with Gasteiger partial charge in [0.2, 0.25) is 0 Å². The Balaban J connectivity index is 0.000000980. The van der Waals surface area contributed by atoms with Gasteiger partial charge in [0, 0.05) is 11.4 Å². The molecule has 0 aliphatic carbocycles. The molecule has 0 radical (unpaired) electrons. The summed E-state index contributed by atoms with van der Waals surface area (Å²) in [7, 11) is 0. The zero-order chi connectivity index (χ0) is 9.42. The van der Waals surface area contributed by atoms with E-state index in [0.717, 1.165) is 4.68 Å². The van der Waals surface area contributed by atoms with Crippen LogP contribution < -0.4 is 62.8 Å². The summed E-state index contributed by atoms with van der Waals surface area (Å²) in [5, 5.41) is 0.412. The summed E-state index contributed by atoms with van der Waals surface area (Å²) < 4.78 is 0.833. The first-order valence-corrected chi connectivity index (χ1v) is 3.91. The van der Waals surface area contributed by atoms with E-state index in [4.69, 9.17) is 18.5 Å². The molecule has 14 heavy (non-hydrogen) atoms. The second kappa shape index (κ2) is 4.64. The van der Waals surface area contributed by atoms with Crippen LogP contribution in [0.15, 0.2) is 28.3 Å². The fraction of sp³-hybridized carbons (Fsp3) is 0. The molecule has 0 aliphatic rings. The Morgan fingerprint density at radius 2 is 2.21 bits per heavy atom. The van der Waals surface area contributed by atoms with Crippen LogP contribution in [0.5, 0.6) is 0 Å². The number of nitrogens with zero attached hydrogens (tertiary/aromatic N) is 3. The Morgan fingerprint density at radius 1 is 1.50 bits per heavy atom. The van der Waals surface area contributed by atoms with Crippen molar-refractivity contribution in [1.29, 1.82) is 0 Å². The normalized spacial score (nSPS) is 9.71. The molecule has 0 saturated carbocycles. The Hall–Kier alpha value is -0.0536. The van der Waals surface area contributed by atoms with Crippen LogP contribution >= 0.6 is 0 Å². The van der Waals surface area contributed by atoms with Gasteiger partial charge in [-0.05, 0) is 12.1 Å². The van der Waals surface area contributed by atoms with Crippen LogP contribution in [0.1, 0.15) is 0 Å². The van der Waals surface area contributed by atoms with Gasteiger partial charge in [0.1, 0.15) is 0 Å². The van der Waals surface area contributed by atoms with Crippen LogP contribution in [0.2, 0.25) is 0 Å². The number of nitrogens with two attached hydrogens (primary N) is 1. The number of hydrogen-bond acceptors (Lipinski definition) is 5. The SMILES string of the molecule is Nn1c([S-])nc2ncccc2c1=O.[K+]. The summed E-state index contributed by atoms with van der Waals surface area (Å²) in [4.78, 5) is 19.2. The fourth-order valence-corrected chi connectivity index (χ4v) is 1.18. The van der Waals surface area contributed by atoms with E-state index in [1.54, 1.807) is 18.3 Å². The fourth-order valence-electron chi connectivity index (χ4n) is 1.01. The van der Waals surface area contributed by atoms with E-state index in [1.807, 2.05) is 0 Å². The predicted molar refractivity (Wildman–Crippen MR) is 49.6 cm³/mol. The summed E-state index contributed by atoms with van der Waals surface area (Å²) in [6.07, 6.45) is 1.55. The van der Waals surface area contributed by atoms with Crippen molar-refractivity contribution in [2.45, 2.75) is 5.16 Å². The molecule has 0 aromatic carbocycles. The van der Waals surface area contributed by atoms with E-state index in [9.17, 15) is 4.79 Å². The third kappa shape index (κ3) is 1.97. The van der Waals surface area contributed by atoms with Crippen molar-refractivity contribution in [2.24, 2.45) is 0 Å². The molecule has 0 aliphatic heterocycles. The monoisotopic (exact) mass is 232 g/mol. The average Bonchev–Trinajstić information content (AvgIpc) is 2.15. The third-order valence-electron chi connectivity index (χ3n) is 1.64. The van der Waals surface area contributed by atoms with Gasteiger partial charge in [-0.2, -0.15) is 0 Å². The van der Waals surface area contributed by atoms with Crippen molar-refractivity contribution in [3.8, 4) is 0 Å². The molecule has 0 atom stereocenters. The van der Waals surface area contributed by atoms with Crippen LogP contribution in [-0.2, 0) is 12.6 Å². The van der Waals surface area contributed by atoms with Gasteiger partial charge in [-0.1, -0.05) is 0 Å². The van der Waals surface area contributed by atoms with E-state index < -0.39 is 0 Å². The third-order valence-corrected chi connectivity index (χ3v) is 1.93. The Labute approximate surface area is 128 Å². The molecule has 0 bridgehead atoms. The molecule has 2 rings (SSSR count). The van der Waals surface area contributed by atoms with Gasteiger partial charge in [-0.3, -0.25) is 4.79 Å². The van der Waals surface area contributed by atoms with E-state index in [1.165, 1.54) is 0 Å². The minimum Gasteiger partial charge on any atom is -0.740 e. The molecule has 66 valence electrons. The summed E-state index contributed by atoms with van der Waals surface area (Å²) in [5.74, 6) is 5.36. The van der Waals surface area contributed by atoms with Crippen LogP contribution in [0.3, 0.4) is 0 Å². The average molecular weight is 232 g/mol. The maximum atomic E-state index is 11.4. The number of hydrogen-bond donors (Lipinski definition) is 1. The van der Waals surface area contributed by atoms with Crippen molar-refractivity contribution in [1.82, 2.24) is 14.6 Å². The van der Waals surface area contributed by atoms with Gasteiger partial charge in [0.25, 0.3) is 5.56 Å². The molecule has 0 fully saturated rings. The number of fused-ring (bicyclic) bond motifs is 1. The minimum atomic E-state index is -0.372. The first-order valence-electron chi connectivity index (χ1n) is 3.50. The summed E-state index contributed by atoms with van der Waals surface area (Å²) in [6, 6.07) is 3.25. The van der Waals surface area contributed by atoms with Crippen LogP contribution in [0.25, 0.3) is 11.0 Å². The topological polar surface area (TPSA) is 73.8 Å². The second-order valence-corrected chi connectivity index (χ2v) is 2.81. The quantitative estimate of drug-likeness (QED) is 0.220.